The van der Waals surface area contributed by atoms with E-state index in [0.29, 0.717) is 38.4 Å². The predicted molar refractivity (Wildman–Crippen MR) is 124 cm³/mol. The molecule has 1 N–H and O–H groups in total. The van der Waals surface area contributed by atoms with Crippen molar-refractivity contribution in [3.05, 3.63) is 65.2 Å². The third-order valence-electron chi connectivity index (χ3n) is 6.75. The number of hydrogen-bond donors (Lipinski definition) is 1. The molecule has 0 spiro atoms. The molecule has 0 atom stereocenters. The van der Waals surface area contributed by atoms with Crippen molar-refractivity contribution < 1.29 is 17.9 Å². The van der Waals surface area contributed by atoms with Crippen molar-refractivity contribution in [2.45, 2.75) is 49.3 Å². The van der Waals surface area contributed by atoms with Gasteiger partial charge in [0.1, 0.15) is 0 Å². The molecule has 2 aromatic rings. The number of carbonyl (C=O) groups excluding carboxylic acids is 1. The third kappa shape index (κ3) is 5.05. The summed E-state index contributed by atoms with van der Waals surface area (Å²) in [5, 5.41) is 0. The van der Waals surface area contributed by atoms with E-state index in [-0.39, 0.29) is 16.2 Å². The van der Waals surface area contributed by atoms with Crippen molar-refractivity contribution in [1.29, 1.82) is 0 Å². The normalized spacial score (nSPS) is 19.0. The van der Waals surface area contributed by atoms with Gasteiger partial charge in [-0.2, -0.15) is 0 Å². The van der Waals surface area contributed by atoms with Gasteiger partial charge < -0.3 is 9.64 Å². The predicted octanol–water partition coefficient (Wildman–Crippen LogP) is 3.65. The second-order valence-electron chi connectivity index (χ2n) is 8.96. The summed E-state index contributed by atoms with van der Waals surface area (Å²) in [5.41, 5.74) is 2.72. The zero-order chi connectivity index (χ0) is 22.6. The van der Waals surface area contributed by atoms with Crippen LogP contribution in [-0.2, 0) is 20.2 Å². The number of nitrogens with zero attached hydrogens (tertiary/aromatic N) is 1. The van der Waals surface area contributed by atoms with Crippen molar-refractivity contribution in [1.82, 2.24) is 9.62 Å². The highest BCUT2D eigenvalue weighted by atomic mass is 32.2. The molecule has 1 heterocycles. The molecular formula is C25H32N2O4S. The molecule has 4 rings (SSSR count). The minimum Gasteiger partial charge on any atom is -0.378 e. The quantitative estimate of drug-likeness (QED) is 0.720. The van der Waals surface area contributed by atoms with Crippen molar-refractivity contribution in [3.8, 4) is 0 Å². The summed E-state index contributed by atoms with van der Waals surface area (Å²) in [6, 6.07) is 14.7. The monoisotopic (exact) mass is 456 g/mol. The van der Waals surface area contributed by atoms with Crippen molar-refractivity contribution in [3.63, 3.8) is 0 Å². The Labute approximate surface area is 191 Å². The number of morpholine rings is 1. The van der Waals surface area contributed by atoms with Gasteiger partial charge in [0.25, 0.3) is 5.91 Å². The summed E-state index contributed by atoms with van der Waals surface area (Å²) < 4.78 is 34.3. The average Bonchev–Trinajstić information content (AvgIpc) is 2.84. The molecule has 2 fully saturated rings. The number of hydrogen-bond acceptors (Lipinski definition) is 4. The molecule has 0 radical (unpaired) electrons. The summed E-state index contributed by atoms with van der Waals surface area (Å²) in [6.45, 7) is 4.63. The number of carbonyl (C=O) groups is 1. The first-order chi connectivity index (χ1) is 15.4. The van der Waals surface area contributed by atoms with E-state index < -0.39 is 10.0 Å². The number of rotatable bonds is 6. The van der Waals surface area contributed by atoms with Gasteiger partial charge in [-0.25, -0.2) is 13.1 Å². The lowest BCUT2D eigenvalue weighted by Gasteiger charge is -2.38. The van der Waals surface area contributed by atoms with Crippen molar-refractivity contribution in [2.24, 2.45) is 0 Å². The topological polar surface area (TPSA) is 75.7 Å². The molecule has 7 heteroatoms. The zero-order valence-electron chi connectivity index (χ0n) is 18.7. The van der Waals surface area contributed by atoms with Gasteiger partial charge in [-0.15, -0.1) is 0 Å². The second kappa shape index (κ2) is 9.73. The molecule has 172 valence electrons. The molecule has 1 amide bonds. The van der Waals surface area contributed by atoms with Crippen LogP contribution in [0.3, 0.4) is 0 Å². The molecule has 1 aliphatic heterocycles. The lowest BCUT2D eigenvalue weighted by atomic mass is 9.69. The summed E-state index contributed by atoms with van der Waals surface area (Å²) >= 11 is 0. The van der Waals surface area contributed by atoms with Crippen LogP contribution in [-0.4, -0.2) is 52.1 Å². The van der Waals surface area contributed by atoms with Crippen LogP contribution in [0.5, 0.6) is 0 Å². The highest BCUT2D eigenvalue weighted by Gasteiger charge is 2.35. The lowest BCUT2D eigenvalue weighted by molar-refractivity contribution is 0.0303. The minimum atomic E-state index is -3.68. The summed E-state index contributed by atoms with van der Waals surface area (Å²) in [6.07, 6.45) is 5.36. The molecule has 2 aliphatic rings. The first kappa shape index (κ1) is 23.0. The number of benzene rings is 2. The maximum atomic E-state index is 13.1. The van der Waals surface area contributed by atoms with E-state index >= 15 is 0 Å². The first-order valence-electron chi connectivity index (χ1n) is 11.4. The first-order valence-corrected chi connectivity index (χ1v) is 12.9. The van der Waals surface area contributed by atoms with E-state index in [9.17, 15) is 13.2 Å². The molecule has 32 heavy (non-hydrogen) atoms. The number of amides is 1. The molecular weight excluding hydrogens is 424 g/mol. The van der Waals surface area contributed by atoms with Gasteiger partial charge in [0.05, 0.1) is 18.1 Å². The Balaban J connectivity index is 1.48. The highest BCUT2D eigenvalue weighted by molar-refractivity contribution is 7.89. The van der Waals surface area contributed by atoms with Gasteiger partial charge in [0.15, 0.2) is 0 Å². The average molecular weight is 457 g/mol. The second-order valence-corrected chi connectivity index (χ2v) is 10.7. The molecule has 1 saturated carbocycles. The number of ether oxygens (including phenoxy) is 1. The standard InChI is InChI=1S/C25H32N2O4S/c1-20-6-5-7-22(18-20)25(12-3-2-4-13-25)19-26-32(29,30)23-10-8-21(9-11-23)24(28)27-14-16-31-17-15-27/h5-11,18,26H,2-4,12-17,19H2,1H3. The smallest absolute Gasteiger partial charge is 0.254 e. The molecule has 1 aliphatic carbocycles. The maximum Gasteiger partial charge on any atom is 0.254 e. The van der Waals surface area contributed by atoms with Gasteiger partial charge in [-0.05, 0) is 49.6 Å². The maximum absolute atomic E-state index is 13.1. The van der Waals surface area contributed by atoms with Crippen LogP contribution in [0.15, 0.2) is 53.4 Å². The van der Waals surface area contributed by atoms with Crippen LogP contribution < -0.4 is 4.72 Å². The Morgan fingerprint density at radius 1 is 1.03 bits per heavy atom. The number of nitrogens with one attached hydrogen (secondary N) is 1. The zero-order valence-corrected chi connectivity index (χ0v) is 19.5. The van der Waals surface area contributed by atoms with E-state index in [2.05, 4.69) is 35.9 Å². The van der Waals surface area contributed by atoms with Crippen LogP contribution in [0.4, 0.5) is 0 Å². The Morgan fingerprint density at radius 3 is 2.38 bits per heavy atom. The van der Waals surface area contributed by atoms with Crippen LogP contribution >= 0.6 is 0 Å². The van der Waals surface area contributed by atoms with Gasteiger partial charge in [-0.3, -0.25) is 4.79 Å². The van der Waals surface area contributed by atoms with Gasteiger partial charge >= 0.3 is 0 Å². The van der Waals surface area contributed by atoms with E-state index in [0.717, 1.165) is 25.7 Å². The largest absolute Gasteiger partial charge is 0.378 e. The summed E-state index contributed by atoms with van der Waals surface area (Å²) in [7, 11) is -3.68. The van der Waals surface area contributed by atoms with Crippen molar-refractivity contribution in [2.75, 3.05) is 32.8 Å². The van der Waals surface area contributed by atoms with Crippen LogP contribution in [0.1, 0.15) is 53.6 Å². The SMILES string of the molecule is Cc1cccc(C2(CNS(=O)(=O)c3ccc(C(=O)N4CCOCC4)cc3)CCCCC2)c1. The van der Waals surface area contributed by atoms with Gasteiger partial charge in [0, 0.05) is 30.6 Å². The molecule has 0 aromatic heterocycles. The van der Waals surface area contributed by atoms with Gasteiger partial charge in [-0.1, -0.05) is 49.1 Å². The lowest BCUT2D eigenvalue weighted by Crippen LogP contribution is -2.42. The molecule has 1 saturated heterocycles. The number of sulfonamides is 1. The molecule has 2 aromatic carbocycles. The Hall–Kier alpha value is -2.22. The van der Waals surface area contributed by atoms with Crippen LogP contribution in [0.2, 0.25) is 0 Å². The van der Waals surface area contributed by atoms with E-state index in [1.807, 2.05) is 0 Å². The molecule has 0 unspecified atom stereocenters. The Morgan fingerprint density at radius 2 is 1.72 bits per heavy atom. The molecule has 6 nitrogen and oxygen atoms in total. The van der Waals surface area contributed by atoms with Crippen LogP contribution in [0.25, 0.3) is 0 Å². The van der Waals surface area contributed by atoms with Crippen LogP contribution in [0, 0.1) is 6.92 Å². The summed E-state index contributed by atoms with van der Waals surface area (Å²) in [4.78, 5) is 14.5. The molecule has 0 bridgehead atoms. The highest BCUT2D eigenvalue weighted by Crippen LogP contribution is 2.39. The third-order valence-corrected chi connectivity index (χ3v) is 8.17. The number of aryl methyl sites for hydroxylation is 1. The fourth-order valence-corrected chi connectivity index (χ4v) is 5.94. The fraction of sp³-hybridized carbons (Fsp3) is 0.480. The summed E-state index contributed by atoms with van der Waals surface area (Å²) in [5.74, 6) is -0.0918. The van der Waals surface area contributed by atoms with E-state index in [1.165, 1.54) is 29.7 Å². The minimum absolute atomic E-state index is 0.0918. The van der Waals surface area contributed by atoms with Crippen molar-refractivity contribution >= 4 is 15.9 Å². The van der Waals surface area contributed by atoms with E-state index in [4.69, 9.17) is 4.74 Å². The Kier molecular flexibility index (Phi) is 6.98. The van der Waals surface area contributed by atoms with E-state index in [1.54, 1.807) is 17.0 Å². The fourth-order valence-electron chi connectivity index (χ4n) is 4.81. The van der Waals surface area contributed by atoms with Gasteiger partial charge in [0.2, 0.25) is 10.0 Å². The Bertz CT molecular complexity index is 1040.